The first-order chi connectivity index (χ1) is 20.6. The summed E-state index contributed by atoms with van der Waals surface area (Å²) in [6.45, 7) is 5.61. The normalized spacial score (nSPS) is 12.3. The Kier molecular flexibility index (Phi) is 9.74. The van der Waals surface area contributed by atoms with Crippen molar-refractivity contribution in [3.8, 4) is 0 Å². The van der Waals surface area contributed by atoms with Gasteiger partial charge in [0.05, 0.1) is 22.5 Å². The number of hydrogen-bond acceptors (Lipinski definition) is 8. The number of azo groups is 1. The first-order valence-corrected chi connectivity index (χ1v) is 13.3. The fraction of sp³-hybridized carbons (Fsp3) is 0.152. The van der Waals surface area contributed by atoms with Gasteiger partial charge in [-0.05, 0) is 81.4 Å². The summed E-state index contributed by atoms with van der Waals surface area (Å²) in [5, 5.41) is 20.8. The maximum absolute atomic E-state index is 13.4. The third kappa shape index (κ3) is 8.43. The molecule has 4 aromatic carbocycles. The van der Waals surface area contributed by atoms with Crippen molar-refractivity contribution in [2.45, 2.75) is 33.0 Å². The van der Waals surface area contributed by atoms with Crippen LogP contribution in [0.3, 0.4) is 0 Å². The molecule has 0 unspecified atom stereocenters. The molecule has 10 heteroatoms. The number of aliphatic carboxylic acids is 1. The van der Waals surface area contributed by atoms with Crippen LogP contribution >= 0.6 is 0 Å². The van der Waals surface area contributed by atoms with Crippen LogP contribution in [-0.2, 0) is 19.1 Å². The first kappa shape index (κ1) is 30.3. The van der Waals surface area contributed by atoms with Crippen molar-refractivity contribution >= 4 is 40.9 Å². The van der Waals surface area contributed by atoms with Crippen LogP contribution < -0.4 is 5.32 Å². The number of rotatable bonds is 10. The summed E-state index contributed by atoms with van der Waals surface area (Å²) in [5.74, 6) is -4.66. The Balaban J connectivity index is 1.55. The molecule has 4 aromatic rings. The number of carbonyl (C=O) groups excluding carboxylic acids is 3. The van der Waals surface area contributed by atoms with E-state index < -0.39 is 36.0 Å². The van der Waals surface area contributed by atoms with Crippen LogP contribution in [0.5, 0.6) is 0 Å². The van der Waals surface area contributed by atoms with E-state index in [0.717, 1.165) is 16.7 Å². The molecule has 0 radical (unpaired) electrons. The maximum Gasteiger partial charge on any atom is 0.349 e. The minimum absolute atomic E-state index is 0.0660. The second-order valence-corrected chi connectivity index (χ2v) is 9.79. The Morgan fingerprint density at radius 3 is 1.37 bits per heavy atom. The predicted molar refractivity (Wildman–Crippen MR) is 159 cm³/mol. The Labute approximate surface area is 248 Å². The molecule has 0 heterocycles. The van der Waals surface area contributed by atoms with Crippen molar-refractivity contribution in [1.29, 1.82) is 0 Å². The van der Waals surface area contributed by atoms with Crippen molar-refractivity contribution in [2.75, 3.05) is 5.32 Å². The summed E-state index contributed by atoms with van der Waals surface area (Å²) in [6.07, 6.45) is -4.17. The van der Waals surface area contributed by atoms with E-state index in [-0.39, 0.29) is 16.8 Å². The lowest BCUT2D eigenvalue weighted by Crippen LogP contribution is -2.48. The standard InChI is InChI=1S/C33H29N3O7/c1-20-4-10-23(11-5-20)32(40)42-28(29(31(38)39)43-33(41)24-12-6-21(2)7-13-24)30(37)34-25-16-18-27(19-17-25)36-35-26-14-8-22(3)9-15-26/h4-19,28-29H,1-3H3,(H,34,37)(H,38,39)/t28-,29+/m0/s1. The monoisotopic (exact) mass is 579 g/mol. The largest absolute Gasteiger partial charge is 0.478 e. The van der Waals surface area contributed by atoms with E-state index in [4.69, 9.17) is 9.47 Å². The van der Waals surface area contributed by atoms with Gasteiger partial charge in [-0.15, -0.1) is 0 Å². The van der Waals surface area contributed by atoms with E-state index in [1.807, 2.05) is 45.0 Å². The molecule has 2 atom stereocenters. The zero-order valence-corrected chi connectivity index (χ0v) is 23.7. The van der Waals surface area contributed by atoms with Gasteiger partial charge in [0.15, 0.2) is 0 Å². The molecular formula is C33H29N3O7. The lowest BCUT2D eigenvalue weighted by atomic mass is 10.1. The molecule has 2 N–H and O–H groups in total. The summed E-state index contributed by atoms with van der Waals surface area (Å²) in [7, 11) is 0. The summed E-state index contributed by atoms with van der Waals surface area (Å²) < 4.78 is 10.6. The summed E-state index contributed by atoms with van der Waals surface area (Å²) in [4.78, 5) is 51.4. The van der Waals surface area contributed by atoms with Crippen molar-refractivity contribution in [3.63, 3.8) is 0 Å². The summed E-state index contributed by atoms with van der Waals surface area (Å²) >= 11 is 0. The van der Waals surface area contributed by atoms with Crippen LogP contribution in [0.2, 0.25) is 0 Å². The number of aryl methyl sites for hydroxylation is 3. The molecule has 0 aliphatic carbocycles. The predicted octanol–water partition coefficient (Wildman–Crippen LogP) is 6.50. The second-order valence-electron chi connectivity index (χ2n) is 9.79. The third-order valence-corrected chi connectivity index (χ3v) is 6.27. The van der Waals surface area contributed by atoms with E-state index in [1.165, 1.54) is 36.4 Å². The number of amides is 1. The molecular weight excluding hydrogens is 550 g/mol. The number of nitrogens with one attached hydrogen (secondary N) is 1. The molecule has 10 nitrogen and oxygen atoms in total. The topological polar surface area (TPSA) is 144 Å². The zero-order chi connectivity index (χ0) is 30.9. The summed E-state index contributed by atoms with van der Waals surface area (Å²) in [5.41, 5.74) is 4.41. The Morgan fingerprint density at radius 2 is 0.953 bits per heavy atom. The van der Waals surface area contributed by atoms with E-state index in [1.54, 1.807) is 36.4 Å². The Bertz CT molecular complexity index is 1630. The van der Waals surface area contributed by atoms with Crippen molar-refractivity contribution in [1.82, 2.24) is 0 Å². The van der Waals surface area contributed by atoms with Crippen LogP contribution in [0.4, 0.5) is 17.1 Å². The molecule has 0 saturated heterocycles. The number of hydrogen-bond donors (Lipinski definition) is 2. The molecule has 0 bridgehead atoms. The van der Waals surface area contributed by atoms with E-state index in [2.05, 4.69) is 15.5 Å². The highest BCUT2D eigenvalue weighted by atomic mass is 16.6. The number of anilines is 1. The Hall–Kier alpha value is -5.64. The lowest BCUT2D eigenvalue weighted by Gasteiger charge is -2.23. The van der Waals surface area contributed by atoms with Gasteiger partial charge < -0.3 is 19.9 Å². The van der Waals surface area contributed by atoms with Crippen LogP contribution in [0.1, 0.15) is 37.4 Å². The molecule has 4 rings (SSSR count). The molecule has 0 aromatic heterocycles. The number of carboxylic acid groups (broad SMARTS) is 1. The van der Waals surface area contributed by atoms with Crippen LogP contribution in [-0.4, -0.2) is 41.1 Å². The maximum atomic E-state index is 13.4. The molecule has 43 heavy (non-hydrogen) atoms. The van der Waals surface area contributed by atoms with Gasteiger partial charge in [0.25, 0.3) is 5.91 Å². The van der Waals surface area contributed by atoms with Crippen molar-refractivity contribution < 1.29 is 33.8 Å². The minimum atomic E-state index is -2.15. The SMILES string of the molecule is Cc1ccc(N=Nc2ccc(NC(=O)[C@@H](OC(=O)c3ccc(C)cc3)[C@@H](OC(=O)c3ccc(C)cc3)C(=O)O)cc2)cc1. The highest BCUT2D eigenvalue weighted by Gasteiger charge is 2.41. The average molecular weight is 580 g/mol. The quantitative estimate of drug-likeness (QED) is 0.161. The van der Waals surface area contributed by atoms with E-state index in [0.29, 0.717) is 11.4 Å². The van der Waals surface area contributed by atoms with Crippen molar-refractivity contribution in [3.05, 3.63) is 125 Å². The van der Waals surface area contributed by atoms with Crippen molar-refractivity contribution in [2.24, 2.45) is 10.2 Å². The van der Waals surface area contributed by atoms with Gasteiger partial charge in [0, 0.05) is 5.69 Å². The minimum Gasteiger partial charge on any atom is -0.478 e. The van der Waals surface area contributed by atoms with Crippen LogP contribution in [0.15, 0.2) is 107 Å². The van der Waals surface area contributed by atoms with Gasteiger partial charge in [0.1, 0.15) is 0 Å². The van der Waals surface area contributed by atoms with E-state index >= 15 is 0 Å². The van der Waals surface area contributed by atoms with Crippen LogP contribution in [0.25, 0.3) is 0 Å². The van der Waals surface area contributed by atoms with Gasteiger partial charge in [-0.2, -0.15) is 10.2 Å². The highest BCUT2D eigenvalue weighted by Crippen LogP contribution is 2.22. The molecule has 0 saturated carbocycles. The highest BCUT2D eigenvalue weighted by molar-refractivity contribution is 6.01. The fourth-order valence-electron chi connectivity index (χ4n) is 3.79. The Morgan fingerprint density at radius 1 is 0.581 bits per heavy atom. The number of carboxylic acids is 1. The number of esters is 2. The second kappa shape index (κ2) is 13.8. The molecule has 0 aliphatic rings. The number of benzene rings is 4. The van der Waals surface area contributed by atoms with Gasteiger partial charge in [-0.3, -0.25) is 4.79 Å². The smallest absolute Gasteiger partial charge is 0.349 e. The van der Waals surface area contributed by atoms with E-state index in [9.17, 15) is 24.3 Å². The molecule has 218 valence electrons. The molecule has 0 fully saturated rings. The lowest BCUT2D eigenvalue weighted by molar-refractivity contribution is -0.157. The molecule has 1 amide bonds. The van der Waals surface area contributed by atoms with Gasteiger partial charge in [-0.1, -0.05) is 53.1 Å². The first-order valence-electron chi connectivity index (χ1n) is 13.3. The third-order valence-electron chi connectivity index (χ3n) is 6.27. The average Bonchev–Trinajstić information content (AvgIpc) is 2.99. The zero-order valence-electron chi connectivity index (χ0n) is 23.7. The van der Waals surface area contributed by atoms with Gasteiger partial charge in [-0.25, -0.2) is 14.4 Å². The fourth-order valence-corrected chi connectivity index (χ4v) is 3.79. The number of nitrogens with zero attached hydrogens (tertiary/aromatic N) is 2. The van der Waals surface area contributed by atoms with Gasteiger partial charge >= 0.3 is 17.9 Å². The number of ether oxygens (including phenoxy) is 2. The number of carbonyl (C=O) groups is 4. The molecule has 0 aliphatic heterocycles. The van der Waals surface area contributed by atoms with Gasteiger partial charge in [0.2, 0.25) is 12.2 Å². The summed E-state index contributed by atoms with van der Waals surface area (Å²) in [6, 6.07) is 26.2. The van der Waals surface area contributed by atoms with Crippen LogP contribution in [0, 0.1) is 20.8 Å². The molecule has 0 spiro atoms.